The molecule has 0 aliphatic carbocycles. The maximum absolute atomic E-state index is 12.4. The second-order valence-electron chi connectivity index (χ2n) is 3.76. The second kappa shape index (κ2) is 7.83. The molecule has 2 rings (SSSR count). The highest BCUT2D eigenvalue weighted by atomic mass is 35.5. The summed E-state index contributed by atoms with van der Waals surface area (Å²) in [6.45, 7) is 0.510. The number of halogens is 5. The van der Waals surface area contributed by atoms with Crippen LogP contribution in [0.3, 0.4) is 0 Å². The number of nitrogens with zero attached hydrogens (tertiary/aromatic N) is 1. The van der Waals surface area contributed by atoms with E-state index in [9.17, 15) is 13.2 Å². The summed E-state index contributed by atoms with van der Waals surface area (Å²) in [6, 6.07) is 5.01. The van der Waals surface area contributed by atoms with Crippen molar-refractivity contribution < 1.29 is 13.2 Å². The third-order valence-electron chi connectivity index (χ3n) is 2.41. The van der Waals surface area contributed by atoms with Gasteiger partial charge in [-0.15, -0.1) is 36.2 Å². The normalized spacial score (nSPS) is 10.6. The molecule has 1 heterocycles. The van der Waals surface area contributed by atoms with Gasteiger partial charge in [-0.05, 0) is 18.7 Å². The van der Waals surface area contributed by atoms with Crippen LogP contribution in [0.2, 0.25) is 0 Å². The van der Waals surface area contributed by atoms with Gasteiger partial charge in [0.05, 0.1) is 11.3 Å². The Bertz CT molecular complexity index is 526. The van der Waals surface area contributed by atoms with Crippen LogP contribution in [0.1, 0.15) is 11.3 Å². The molecule has 0 saturated heterocycles. The molecule has 0 saturated carbocycles. The number of benzene rings is 1. The first-order valence-corrected chi connectivity index (χ1v) is 6.21. The summed E-state index contributed by atoms with van der Waals surface area (Å²) in [5, 5.41) is 2.59. The summed E-state index contributed by atoms with van der Waals surface area (Å²) < 4.78 is 37.2. The summed E-state index contributed by atoms with van der Waals surface area (Å²) in [7, 11) is 0. The fourth-order valence-corrected chi connectivity index (χ4v) is 2.36. The number of aromatic nitrogens is 1. The first-order valence-electron chi connectivity index (χ1n) is 5.33. The molecule has 1 aromatic heterocycles. The maximum Gasteiger partial charge on any atom is 0.416 e. The van der Waals surface area contributed by atoms with Gasteiger partial charge >= 0.3 is 6.18 Å². The second-order valence-corrected chi connectivity index (χ2v) is 4.62. The molecule has 8 heteroatoms. The third kappa shape index (κ3) is 4.63. The van der Waals surface area contributed by atoms with E-state index in [0.29, 0.717) is 23.5 Å². The Morgan fingerprint density at radius 1 is 1.10 bits per heavy atom. The first-order chi connectivity index (χ1) is 8.50. The van der Waals surface area contributed by atoms with Gasteiger partial charge in [0.15, 0.2) is 0 Å². The number of nitrogens with two attached hydrogens (primary N) is 1. The fourth-order valence-electron chi connectivity index (χ4n) is 1.50. The van der Waals surface area contributed by atoms with Gasteiger partial charge < -0.3 is 5.73 Å². The van der Waals surface area contributed by atoms with Crippen molar-refractivity contribution in [1.29, 1.82) is 0 Å². The first kappa shape index (κ1) is 19.2. The molecule has 112 valence electrons. The summed E-state index contributed by atoms with van der Waals surface area (Å²) in [6.07, 6.45) is -3.62. The van der Waals surface area contributed by atoms with Crippen molar-refractivity contribution in [2.24, 2.45) is 5.73 Å². The molecule has 0 amide bonds. The van der Waals surface area contributed by atoms with Crippen molar-refractivity contribution in [2.75, 3.05) is 6.54 Å². The monoisotopic (exact) mass is 344 g/mol. The minimum Gasteiger partial charge on any atom is -0.330 e. The quantitative estimate of drug-likeness (QED) is 0.907. The van der Waals surface area contributed by atoms with Gasteiger partial charge in [0, 0.05) is 17.4 Å². The third-order valence-corrected chi connectivity index (χ3v) is 3.35. The van der Waals surface area contributed by atoms with Crippen molar-refractivity contribution in [1.82, 2.24) is 4.98 Å². The van der Waals surface area contributed by atoms with Crippen LogP contribution >= 0.6 is 36.2 Å². The zero-order chi connectivity index (χ0) is 13.2. The highest BCUT2D eigenvalue weighted by Gasteiger charge is 2.30. The van der Waals surface area contributed by atoms with Crippen LogP contribution < -0.4 is 5.73 Å². The summed E-state index contributed by atoms with van der Waals surface area (Å²) in [5.74, 6) is 0. The van der Waals surface area contributed by atoms with Gasteiger partial charge in [-0.1, -0.05) is 12.1 Å². The minimum atomic E-state index is -4.30. The molecular weight excluding hydrogens is 332 g/mol. The van der Waals surface area contributed by atoms with Crippen molar-refractivity contribution in [3.63, 3.8) is 0 Å². The average molecular weight is 345 g/mol. The molecule has 0 aliphatic heterocycles. The van der Waals surface area contributed by atoms with Crippen molar-refractivity contribution in [2.45, 2.75) is 12.6 Å². The Kier molecular flexibility index (Phi) is 7.51. The standard InChI is InChI=1S/C12H11F3N2S.2ClH/c13-12(14,15)9-3-1-8(2-4-9)11-17-10(5-6-16)7-18-11;;/h1-4,7H,5-6,16H2;2*1H. The Morgan fingerprint density at radius 3 is 2.20 bits per heavy atom. The van der Waals surface area contributed by atoms with E-state index in [0.717, 1.165) is 17.8 Å². The van der Waals surface area contributed by atoms with E-state index in [1.807, 2.05) is 5.38 Å². The zero-order valence-corrected chi connectivity index (χ0v) is 12.6. The lowest BCUT2D eigenvalue weighted by atomic mass is 10.1. The number of hydrogen-bond donors (Lipinski definition) is 1. The molecule has 0 aliphatic rings. The van der Waals surface area contributed by atoms with E-state index in [1.54, 1.807) is 0 Å². The van der Waals surface area contributed by atoms with Crippen LogP contribution in [0, 0.1) is 0 Å². The van der Waals surface area contributed by atoms with Crippen LogP contribution in [0.25, 0.3) is 10.6 Å². The topological polar surface area (TPSA) is 38.9 Å². The summed E-state index contributed by atoms with van der Waals surface area (Å²) in [4.78, 5) is 4.32. The molecule has 0 bridgehead atoms. The van der Waals surface area contributed by atoms with E-state index in [-0.39, 0.29) is 24.8 Å². The van der Waals surface area contributed by atoms with Crippen molar-refractivity contribution in [3.05, 3.63) is 40.9 Å². The van der Waals surface area contributed by atoms with E-state index >= 15 is 0 Å². The molecule has 20 heavy (non-hydrogen) atoms. The van der Waals surface area contributed by atoms with Crippen LogP contribution in [-0.4, -0.2) is 11.5 Å². The molecule has 2 N–H and O–H groups in total. The molecular formula is C12H13Cl2F3N2S. The Labute approximate surface area is 131 Å². The van der Waals surface area contributed by atoms with Crippen LogP contribution in [-0.2, 0) is 12.6 Å². The van der Waals surface area contributed by atoms with E-state index in [4.69, 9.17) is 5.73 Å². The lowest BCUT2D eigenvalue weighted by molar-refractivity contribution is -0.137. The van der Waals surface area contributed by atoms with Gasteiger partial charge in [0.2, 0.25) is 0 Å². The molecule has 0 fully saturated rings. The minimum absolute atomic E-state index is 0. The lowest BCUT2D eigenvalue weighted by Crippen LogP contribution is -2.04. The van der Waals surface area contributed by atoms with Crippen LogP contribution in [0.15, 0.2) is 29.6 Å². The fraction of sp³-hybridized carbons (Fsp3) is 0.250. The largest absolute Gasteiger partial charge is 0.416 e. The number of hydrogen-bond acceptors (Lipinski definition) is 3. The SMILES string of the molecule is Cl.Cl.NCCc1csc(-c2ccc(C(F)(F)F)cc2)n1. The van der Waals surface area contributed by atoms with Crippen molar-refractivity contribution in [3.8, 4) is 10.6 Å². The predicted molar refractivity (Wildman–Crippen MR) is 79.8 cm³/mol. The zero-order valence-electron chi connectivity index (χ0n) is 10.2. The van der Waals surface area contributed by atoms with E-state index < -0.39 is 11.7 Å². The lowest BCUT2D eigenvalue weighted by Gasteiger charge is -2.06. The van der Waals surface area contributed by atoms with Gasteiger partial charge in [0.25, 0.3) is 0 Å². The highest BCUT2D eigenvalue weighted by molar-refractivity contribution is 7.13. The molecule has 2 nitrogen and oxygen atoms in total. The molecule has 0 atom stereocenters. The summed E-state index contributed by atoms with van der Waals surface area (Å²) >= 11 is 1.41. The van der Waals surface area contributed by atoms with Crippen LogP contribution in [0.4, 0.5) is 13.2 Å². The Balaban J connectivity index is 0.00000180. The van der Waals surface area contributed by atoms with Crippen molar-refractivity contribution >= 4 is 36.2 Å². The van der Waals surface area contributed by atoms with Crippen LogP contribution in [0.5, 0.6) is 0 Å². The molecule has 0 spiro atoms. The molecule has 0 radical (unpaired) electrons. The number of rotatable bonds is 3. The van der Waals surface area contributed by atoms with Gasteiger partial charge in [0.1, 0.15) is 5.01 Å². The predicted octanol–water partition coefficient (Wildman–Crippen LogP) is 4.17. The maximum atomic E-state index is 12.4. The van der Waals surface area contributed by atoms with Gasteiger partial charge in [-0.2, -0.15) is 13.2 Å². The molecule has 0 unspecified atom stereocenters. The Morgan fingerprint density at radius 2 is 1.70 bits per heavy atom. The number of thiazole rings is 1. The Hall–Kier alpha value is -0.820. The average Bonchev–Trinajstić information content (AvgIpc) is 2.77. The van der Waals surface area contributed by atoms with Gasteiger partial charge in [-0.3, -0.25) is 0 Å². The van der Waals surface area contributed by atoms with E-state index in [2.05, 4.69) is 4.98 Å². The highest BCUT2D eigenvalue weighted by Crippen LogP contribution is 2.31. The van der Waals surface area contributed by atoms with E-state index in [1.165, 1.54) is 23.5 Å². The smallest absolute Gasteiger partial charge is 0.330 e. The molecule has 2 aromatic rings. The van der Waals surface area contributed by atoms with Gasteiger partial charge in [-0.25, -0.2) is 4.98 Å². The summed E-state index contributed by atoms with van der Waals surface area (Å²) in [5.41, 5.74) is 6.33. The molecule has 1 aromatic carbocycles. The number of alkyl halides is 3.